The second-order valence-electron chi connectivity index (χ2n) is 38.4. The van der Waals surface area contributed by atoms with Crippen LogP contribution in [0.5, 0.6) is 0 Å². The maximum Gasteiger partial charge on any atom is 0.186 e. The monoisotopic (exact) mass is 1400 g/mol. The number of Topliss-reactive ketones (excluding diaryl/α,β-unsaturated/α-hetero) is 4. The Hall–Kier alpha value is -9.92. The molecule has 0 saturated heterocycles. The number of rotatable bonds is 4. The van der Waals surface area contributed by atoms with Crippen LogP contribution in [0.3, 0.4) is 0 Å². The van der Waals surface area contributed by atoms with E-state index in [4.69, 9.17) is 0 Å². The molecule has 2 N–H and O–H groups in total. The Bertz CT molecular complexity index is 4770. The van der Waals surface area contributed by atoms with Crippen molar-refractivity contribution in [3.63, 3.8) is 0 Å². The van der Waals surface area contributed by atoms with Gasteiger partial charge in [-0.2, -0.15) is 0 Å². The number of allylic oxidation sites excluding steroid dienone is 20. The van der Waals surface area contributed by atoms with Crippen molar-refractivity contribution in [1.82, 2.24) is 19.1 Å². The predicted molar refractivity (Wildman–Crippen MR) is 441 cm³/mol. The predicted octanol–water partition coefficient (Wildman–Crippen LogP) is 24.0. The first-order chi connectivity index (χ1) is 49.2. The molecule has 0 saturated carbocycles. The lowest BCUT2D eigenvalue weighted by Gasteiger charge is -2.32. The number of aromatic amines is 2. The van der Waals surface area contributed by atoms with E-state index in [-0.39, 0.29) is 23.1 Å². The Labute approximate surface area is 629 Å². The average Bonchev–Trinajstić information content (AvgIpc) is 1.56. The van der Waals surface area contributed by atoms with Gasteiger partial charge in [0.2, 0.25) is 0 Å². The number of H-pyrrole nitrogens is 2. The number of hydrogen-bond acceptors (Lipinski definition) is 4. The van der Waals surface area contributed by atoms with E-state index >= 15 is 19.2 Å². The number of benzene rings is 4. The number of ketones is 4. The van der Waals surface area contributed by atoms with Crippen LogP contribution in [0.1, 0.15) is 223 Å². The molecule has 13 rings (SSSR count). The van der Waals surface area contributed by atoms with Crippen molar-refractivity contribution in [1.29, 1.82) is 0 Å². The first-order valence-corrected chi connectivity index (χ1v) is 37.9. The molecule has 8 aromatic rings. The van der Waals surface area contributed by atoms with Gasteiger partial charge in [-0.15, -0.1) is 0 Å². The first-order valence-electron chi connectivity index (χ1n) is 37.9. The Morgan fingerprint density at radius 3 is 0.642 bits per heavy atom. The Morgan fingerprint density at radius 1 is 0.245 bits per heavy atom. The summed E-state index contributed by atoms with van der Waals surface area (Å²) >= 11 is 0. The van der Waals surface area contributed by atoms with Crippen molar-refractivity contribution in [2.75, 3.05) is 0 Å². The summed E-state index contributed by atoms with van der Waals surface area (Å²) in [5.41, 5.74) is 17.5. The van der Waals surface area contributed by atoms with Gasteiger partial charge in [-0.3, -0.25) is 19.2 Å². The van der Waals surface area contributed by atoms with Gasteiger partial charge >= 0.3 is 0 Å². The fourth-order valence-electron chi connectivity index (χ4n) is 15.9. The third-order valence-electron chi connectivity index (χ3n) is 21.7. The molecule has 0 spiro atoms. The van der Waals surface area contributed by atoms with Gasteiger partial charge in [0, 0.05) is 103 Å². The number of hydrogen-bond donors (Lipinski definition) is 2. The summed E-state index contributed by atoms with van der Waals surface area (Å²) in [4.78, 5) is 69.8. The Morgan fingerprint density at radius 2 is 0.443 bits per heavy atom. The molecule has 8 heteroatoms. The molecule has 0 fully saturated rings. The molecule has 0 unspecified atom stereocenters. The third-order valence-corrected chi connectivity index (χ3v) is 21.7. The van der Waals surface area contributed by atoms with E-state index < -0.39 is 43.3 Å². The van der Waals surface area contributed by atoms with E-state index in [1.54, 1.807) is 0 Å². The second-order valence-corrected chi connectivity index (χ2v) is 38.4. The minimum atomic E-state index is -0.547. The number of nitrogens with zero attached hydrogens (tertiary/aromatic N) is 2. The van der Waals surface area contributed by atoms with Gasteiger partial charge in [0.05, 0.1) is 22.8 Å². The zero-order valence-corrected chi connectivity index (χ0v) is 67.3. The molecule has 1 aliphatic heterocycles. The van der Waals surface area contributed by atoms with Crippen LogP contribution in [0, 0.1) is 43.3 Å². The molecule has 106 heavy (non-hydrogen) atoms. The molecular formula is C98H108N4O4. The van der Waals surface area contributed by atoms with Gasteiger partial charge in [-0.25, -0.2) is 0 Å². The van der Waals surface area contributed by atoms with Crippen molar-refractivity contribution in [3.05, 3.63) is 306 Å². The van der Waals surface area contributed by atoms with Crippen LogP contribution in [0.15, 0.2) is 249 Å². The van der Waals surface area contributed by atoms with Gasteiger partial charge in [-0.1, -0.05) is 239 Å². The van der Waals surface area contributed by atoms with Crippen LogP contribution >= 0.6 is 0 Å². The van der Waals surface area contributed by atoms with Gasteiger partial charge in [0.25, 0.3) is 0 Å². The summed E-state index contributed by atoms with van der Waals surface area (Å²) in [6.45, 7) is 52.1. The summed E-state index contributed by atoms with van der Waals surface area (Å²) in [6.07, 6.45) is 17.2. The van der Waals surface area contributed by atoms with E-state index in [0.717, 1.165) is 167 Å². The largest absolute Gasteiger partial charge is 0.354 e. The van der Waals surface area contributed by atoms with E-state index in [2.05, 4.69) is 367 Å². The first kappa shape index (κ1) is 74.4. The molecule has 4 aromatic heterocycles. The second kappa shape index (κ2) is 26.0. The smallest absolute Gasteiger partial charge is 0.186 e. The maximum absolute atomic E-state index is 15.3. The van der Waals surface area contributed by atoms with Crippen molar-refractivity contribution in [2.24, 2.45) is 43.3 Å². The fraction of sp³-hybridized carbons (Fsp3) is 0.347. The molecule has 544 valence electrons. The van der Waals surface area contributed by atoms with E-state index in [0.29, 0.717) is 13.1 Å². The highest BCUT2D eigenvalue weighted by Gasteiger charge is 2.42. The van der Waals surface area contributed by atoms with Crippen LogP contribution in [-0.2, 0) is 32.3 Å². The summed E-state index contributed by atoms with van der Waals surface area (Å²) in [5.74, 6) is 0.150. The normalized spacial score (nSPS) is 17.1. The van der Waals surface area contributed by atoms with E-state index in [1.807, 2.05) is 0 Å². The molecule has 8 bridgehead atoms. The summed E-state index contributed by atoms with van der Waals surface area (Å²) in [7, 11) is 0. The van der Waals surface area contributed by atoms with Gasteiger partial charge < -0.3 is 19.1 Å². The molecule has 8 nitrogen and oxygen atoms in total. The summed E-state index contributed by atoms with van der Waals surface area (Å²) < 4.78 is 4.93. The Balaban J connectivity index is 1.29. The van der Waals surface area contributed by atoms with E-state index in [1.165, 1.54) is 0 Å². The van der Waals surface area contributed by atoms with Crippen molar-refractivity contribution >= 4 is 67.0 Å². The van der Waals surface area contributed by atoms with Crippen molar-refractivity contribution in [3.8, 4) is 0 Å². The van der Waals surface area contributed by atoms with Gasteiger partial charge in [-0.05, 0) is 208 Å². The standard InChI is InChI=1S/C98H108N4O4/c1-91(2,3)67-47-63(48-68(87(67)103)92(4,5)6)83-75-37-38-76(99-75)84(64-49-69(93(7,8)9)88(104)70(50-64)94(10,11)12)81-43-44-82(102(81)56-58-34-36-60-30-26-28-32-62(60)46-58)86(66-53-73(97(19,20)21)90(106)74(54-66)98(22,23)24)78-40-39-77(100-78)85(65-51-71(95(13,14)15)89(105)72(52-65)96(16,17)18)80-42-41-79(83)101(80)55-57-33-35-59-29-25-27-31-61(59)45-57/h25-54,99-100H,55-56H2,1-24H3. The Kier molecular flexibility index (Phi) is 18.2. The van der Waals surface area contributed by atoms with Crippen LogP contribution in [0.4, 0.5) is 0 Å². The highest BCUT2D eigenvalue weighted by molar-refractivity contribution is 6.16. The zero-order chi connectivity index (χ0) is 76.8. The minimum Gasteiger partial charge on any atom is -0.354 e. The minimum absolute atomic E-state index is 0.0374. The van der Waals surface area contributed by atoms with Gasteiger partial charge in [0.1, 0.15) is 0 Å². The van der Waals surface area contributed by atoms with Crippen LogP contribution in [0.2, 0.25) is 0 Å². The molecule has 0 atom stereocenters. The topological polar surface area (TPSA) is 110 Å². The molecule has 5 heterocycles. The molecule has 5 aliphatic rings. The van der Waals surface area contributed by atoms with Crippen molar-refractivity contribution in [2.45, 2.75) is 179 Å². The number of carbonyl (C=O) groups is 4. The highest BCUT2D eigenvalue weighted by Crippen LogP contribution is 2.50. The summed E-state index contributed by atoms with van der Waals surface area (Å²) in [6, 6.07) is 48.5. The van der Waals surface area contributed by atoms with Crippen molar-refractivity contribution < 1.29 is 19.2 Å². The SMILES string of the molecule is CC(C)(C)C1=CC(=C2c3ccc([nH]3)C(=C3C=C(C(C)(C)C)C(=O)C(C(C)(C)C)=C3)c3ccc(n3Cc3ccc4ccccc4c3)C(=C3C=C(C(C)(C)C)C(=O)C(C(C)(C)C)=C3)c3ccc([nH]3)C(=C3C=C(C(C)(C)C)C(=O)C(C(C)(C)C)=C3)c3ccc2n3Cc2ccc3ccccc3c2)C=C(C(C)(C)C)C1=O. The molecule has 4 aliphatic carbocycles. The number of nitrogens with one attached hydrogen (secondary N) is 2. The lowest BCUT2D eigenvalue weighted by Crippen LogP contribution is -2.28. The fourth-order valence-corrected chi connectivity index (χ4v) is 15.9. The quantitative estimate of drug-likeness (QED) is 0.183. The molecule has 4 aromatic carbocycles. The highest BCUT2D eigenvalue weighted by atomic mass is 16.1. The maximum atomic E-state index is 15.3. The van der Waals surface area contributed by atoms with Crippen LogP contribution in [0.25, 0.3) is 43.8 Å². The number of carbonyl (C=O) groups excluding carboxylic acids is 4. The third kappa shape index (κ3) is 13.9. The lowest BCUT2D eigenvalue weighted by molar-refractivity contribution is -0.114. The molecule has 0 amide bonds. The summed E-state index contributed by atoms with van der Waals surface area (Å²) in [5, 5.41) is 4.52. The number of aromatic nitrogens is 4. The van der Waals surface area contributed by atoms with Crippen LogP contribution in [-0.4, -0.2) is 42.2 Å². The lowest BCUT2D eigenvalue weighted by atomic mass is 9.71. The number of fused-ring (bicyclic) bond motifs is 10. The van der Waals surface area contributed by atoms with Gasteiger partial charge in [0.15, 0.2) is 23.1 Å². The van der Waals surface area contributed by atoms with Crippen LogP contribution < -0.4 is 0 Å². The average molecular weight is 1410 g/mol. The zero-order valence-electron chi connectivity index (χ0n) is 67.3. The molecular weight excluding hydrogens is 1300 g/mol. The van der Waals surface area contributed by atoms with E-state index in [9.17, 15) is 0 Å². The molecule has 0 radical (unpaired) electrons.